The zero-order valence-corrected chi connectivity index (χ0v) is 14.2. The molecule has 6 heteroatoms. The molecular weight excluding hydrogens is 309 g/mol. The minimum atomic E-state index is -1.30. The Bertz CT molecular complexity index is 572. The van der Waals surface area contributed by atoms with Crippen molar-refractivity contribution in [3.05, 3.63) is 35.6 Å². The molecule has 2 aliphatic heterocycles. The second-order valence-corrected chi connectivity index (χ2v) is 7.07. The largest absolute Gasteiger partial charge is 0.379 e. The van der Waals surface area contributed by atoms with Crippen LogP contribution in [0.5, 0.6) is 0 Å². The molecule has 1 aromatic carbocycles. The third kappa shape index (κ3) is 3.94. The fraction of sp³-hybridized carbons (Fsp3) is 0.611. The van der Waals surface area contributed by atoms with Crippen LogP contribution in [0.4, 0.5) is 4.39 Å². The quantitative estimate of drug-likeness (QED) is 0.889. The molecule has 24 heavy (non-hydrogen) atoms. The Morgan fingerprint density at radius 3 is 2.46 bits per heavy atom. The van der Waals surface area contributed by atoms with E-state index >= 15 is 0 Å². The second kappa shape index (κ2) is 7.17. The Kier molecular flexibility index (Phi) is 5.18. The van der Waals surface area contributed by atoms with E-state index < -0.39 is 5.60 Å². The fourth-order valence-corrected chi connectivity index (χ4v) is 3.55. The van der Waals surface area contributed by atoms with Gasteiger partial charge in [-0.15, -0.1) is 0 Å². The molecule has 5 nitrogen and oxygen atoms in total. The first-order valence-electron chi connectivity index (χ1n) is 8.63. The van der Waals surface area contributed by atoms with Crippen molar-refractivity contribution in [2.45, 2.75) is 25.0 Å². The number of piperazine rings is 1. The first-order valence-corrected chi connectivity index (χ1v) is 8.63. The number of likely N-dealkylation sites (N-methyl/N-ethyl adjacent to an activating group) is 1. The van der Waals surface area contributed by atoms with Gasteiger partial charge in [-0.1, -0.05) is 12.1 Å². The van der Waals surface area contributed by atoms with Gasteiger partial charge in [0.25, 0.3) is 5.91 Å². The van der Waals surface area contributed by atoms with Gasteiger partial charge in [0.05, 0.1) is 0 Å². The number of β-amino-alcohol motifs (C(OH)–C–C–N with tert-alkyl or cyclic N) is 1. The molecular formula is C18H26FN3O2. The highest BCUT2D eigenvalue weighted by atomic mass is 19.1. The van der Waals surface area contributed by atoms with Crippen molar-refractivity contribution in [3.8, 4) is 0 Å². The molecule has 0 spiro atoms. The Hall–Kier alpha value is -1.50. The zero-order valence-electron chi connectivity index (χ0n) is 14.2. The van der Waals surface area contributed by atoms with Gasteiger partial charge in [0.2, 0.25) is 0 Å². The van der Waals surface area contributed by atoms with Crippen LogP contribution in [-0.2, 0) is 11.3 Å². The van der Waals surface area contributed by atoms with Crippen LogP contribution in [0.3, 0.4) is 0 Å². The second-order valence-electron chi connectivity index (χ2n) is 7.07. The topological polar surface area (TPSA) is 47.0 Å². The van der Waals surface area contributed by atoms with Crippen LogP contribution in [0.2, 0.25) is 0 Å². The van der Waals surface area contributed by atoms with Gasteiger partial charge in [-0.25, -0.2) is 4.39 Å². The van der Waals surface area contributed by atoms with Crippen molar-refractivity contribution < 1.29 is 14.3 Å². The van der Waals surface area contributed by atoms with Crippen molar-refractivity contribution in [2.24, 2.45) is 0 Å². The molecule has 1 aromatic rings. The maximum Gasteiger partial charge on any atom is 0.256 e. The van der Waals surface area contributed by atoms with Gasteiger partial charge >= 0.3 is 0 Å². The van der Waals surface area contributed by atoms with E-state index in [0.29, 0.717) is 26.1 Å². The van der Waals surface area contributed by atoms with E-state index in [1.165, 1.54) is 12.1 Å². The van der Waals surface area contributed by atoms with Crippen molar-refractivity contribution in [3.63, 3.8) is 0 Å². The van der Waals surface area contributed by atoms with Crippen molar-refractivity contribution in [1.29, 1.82) is 0 Å². The number of nitrogens with zero attached hydrogens (tertiary/aromatic N) is 3. The highest BCUT2D eigenvalue weighted by molar-refractivity contribution is 5.86. The first-order chi connectivity index (χ1) is 11.5. The molecule has 2 saturated heterocycles. The number of amides is 1. The van der Waals surface area contributed by atoms with Crippen LogP contribution >= 0.6 is 0 Å². The number of aliphatic hydroxyl groups is 1. The van der Waals surface area contributed by atoms with E-state index in [4.69, 9.17) is 0 Å². The molecule has 1 amide bonds. The van der Waals surface area contributed by atoms with E-state index in [9.17, 15) is 14.3 Å². The SMILES string of the molecule is CN1CCN(CC2(O)CCCN(Cc3ccc(F)cc3)C2=O)CC1. The number of rotatable bonds is 4. The number of carbonyl (C=O) groups is 1. The lowest BCUT2D eigenvalue weighted by molar-refractivity contribution is -0.160. The van der Waals surface area contributed by atoms with Gasteiger partial charge in [0.1, 0.15) is 5.82 Å². The number of likely N-dealkylation sites (tertiary alicyclic amines) is 1. The average molecular weight is 335 g/mol. The lowest BCUT2D eigenvalue weighted by atomic mass is 9.90. The van der Waals surface area contributed by atoms with Gasteiger partial charge in [0.15, 0.2) is 5.60 Å². The molecule has 0 bridgehead atoms. The minimum Gasteiger partial charge on any atom is -0.379 e. The fourth-order valence-electron chi connectivity index (χ4n) is 3.55. The van der Waals surface area contributed by atoms with Crippen LogP contribution < -0.4 is 0 Å². The molecule has 0 aromatic heterocycles. The summed E-state index contributed by atoms with van der Waals surface area (Å²) in [6, 6.07) is 6.19. The molecule has 1 unspecified atom stereocenters. The molecule has 2 heterocycles. The van der Waals surface area contributed by atoms with Crippen molar-refractivity contribution in [1.82, 2.24) is 14.7 Å². The summed E-state index contributed by atoms with van der Waals surface area (Å²) in [5.74, 6) is -0.479. The highest BCUT2D eigenvalue weighted by Crippen LogP contribution is 2.25. The Morgan fingerprint density at radius 2 is 1.79 bits per heavy atom. The van der Waals surface area contributed by atoms with E-state index in [2.05, 4.69) is 16.8 Å². The van der Waals surface area contributed by atoms with E-state index in [0.717, 1.165) is 38.2 Å². The van der Waals surface area contributed by atoms with Gasteiger partial charge in [-0.3, -0.25) is 9.69 Å². The average Bonchev–Trinajstić information content (AvgIpc) is 2.56. The number of benzene rings is 1. The van der Waals surface area contributed by atoms with Crippen molar-refractivity contribution >= 4 is 5.91 Å². The van der Waals surface area contributed by atoms with E-state index in [1.807, 2.05) is 0 Å². The lowest BCUT2D eigenvalue weighted by Crippen LogP contribution is -2.60. The summed E-state index contributed by atoms with van der Waals surface area (Å²) >= 11 is 0. The molecule has 1 N–H and O–H groups in total. The molecule has 2 fully saturated rings. The maximum absolute atomic E-state index is 13.0. The lowest BCUT2D eigenvalue weighted by Gasteiger charge is -2.42. The summed E-state index contributed by atoms with van der Waals surface area (Å²) in [4.78, 5) is 19.0. The highest BCUT2D eigenvalue weighted by Gasteiger charge is 2.43. The Labute approximate surface area is 142 Å². The third-order valence-corrected chi connectivity index (χ3v) is 5.07. The molecule has 0 radical (unpaired) electrons. The number of halogens is 1. The van der Waals surface area contributed by atoms with Gasteiger partial charge in [0, 0.05) is 45.8 Å². The molecule has 2 aliphatic rings. The smallest absolute Gasteiger partial charge is 0.256 e. The number of hydrogen-bond donors (Lipinski definition) is 1. The van der Waals surface area contributed by atoms with Gasteiger partial charge in [-0.2, -0.15) is 0 Å². The zero-order chi connectivity index (χ0) is 17.2. The van der Waals surface area contributed by atoms with Crippen LogP contribution in [0.25, 0.3) is 0 Å². The Balaban J connectivity index is 1.63. The van der Waals surface area contributed by atoms with Crippen molar-refractivity contribution in [2.75, 3.05) is 46.3 Å². The van der Waals surface area contributed by atoms with Crippen LogP contribution in [-0.4, -0.2) is 77.6 Å². The summed E-state index contributed by atoms with van der Waals surface area (Å²) < 4.78 is 13.0. The van der Waals surface area contributed by atoms with E-state index in [-0.39, 0.29) is 11.7 Å². The maximum atomic E-state index is 13.0. The standard InChI is InChI=1S/C18H26FN3O2/c1-20-9-11-21(12-10-20)14-18(24)7-2-8-22(17(18)23)13-15-3-5-16(19)6-4-15/h3-6,24H,2,7-14H2,1H3. The summed E-state index contributed by atoms with van der Waals surface area (Å²) in [6.07, 6.45) is 1.30. The van der Waals surface area contributed by atoms with Gasteiger partial charge < -0.3 is 14.9 Å². The monoisotopic (exact) mass is 335 g/mol. The predicted octanol–water partition coefficient (Wildman–Crippen LogP) is 0.927. The van der Waals surface area contributed by atoms with Crippen LogP contribution in [0.1, 0.15) is 18.4 Å². The molecule has 1 atom stereocenters. The number of carbonyl (C=O) groups excluding carboxylic acids is 1. The summed E-state index contributed by atoms with van der Waals surface area (Å²) in [6.45, 7) is 5.15. The first kappa shape index (κ1) is 17.3. The minimum absolute atomic E-state index is 0.197. The summed E-state index contributed by atoms with van der Waals surface area (Å²) in [7, 11) is 2.09. The molecule has 3 rings (SSSR count). The number of piperidine rings is 1. The predicted molar refractivity (Wildman–Crippen MR) is 89.9 cm³/mol. The van der Waals surface area contributed by atoms with Gasteiger partial charge in [-0.05, 0) is 37.6 Å². The van der Waals surface area contributed by atoms with Crippen LogP contribution in [0.15, 0.2) is 24.3 Å². The van der Waals surface area contributed by atoms with Crippen LogP contribution in [0, 0.1) is 5.82 Å². The molecule has 0 aliphatic carbocycles. The number of hydrogen-bond acceptors (Lipinski definition) is 4. The molecule has 132 valence electrons. The summed E-state index contributed by atoms with van der Waals surface area (Å²) in [5.41, 5.74) is -0.414. The molecule has 0 saturated carbocycles. The van der Waals surface area contributed by atoms with E-state index in [1.54, 1.807) is 17.0 Å². The normalized spacial score (nSPS) is 26.8. The third-order valence-electron chi connectivity index (χ3n) is 5.07. The summed E-state index contributed by atoms with van der Waals surface area (Å²) in [5, 5.41) is 10.9. The Morgan fingerprint density at radius 1 is 1.12 bits per heavy atom.